The molecule has 1 N–H and O–H groups in total. The van der Waals surface area contributed by atoms with Gasteiger partial charge in [0.15, 0.2) is 17.3 Å². The van der Waals surface area contributed by atoms with E-state index in [1.165, 1.54) is 0 Å². The van der Waals surface area contributed by atoms with E-state index in [-0.39, 0.29) is 11.7 Å². The number of allylic oxidation sites excluding steroid dienone is 2. The molecule has 0 amide bonds. The van der Waals surface area contributed by atoms with Crippen LogP contribution >= 0.6 is 0 Å². The number of carbonyl (C=O) groups excluding carboxylic acids is 1. The normalized spacial score (nSPS) is 29.2. The van der Waals surface area contributed by atoms with E-state index in [1.54, 1.807) is 33.5 Å². The average Bonchev–Trinajstić information content (AvgIpc) is 2.67. The molecule has 0 saturated heterocycles. The lowest BCUT2D eigenvalue weighted by atomic mass is 9.57. The fraction of sp³-hybridized carbons (Fsp3) is 0.500. The van der Waals surface area contributed by atoms with E-state index in [0.717, 1.165) is 30.4 Å². The van der Waals surface area contributed by atoms with Crippen molar-refractivity contribution in [3.05, 3.63) is 34.9 Å². The van der Waals surface area contributed by atoms with Crippen molar-refractivity contribution >= 4 is 11.9 Å². The number of aliphatic hydroxyl groups excluding tert-OH is 1. The first-order valence-corrected chi connectivity index (χ1v) is 9.32. The molecule has 1 saturated carbocycles. The van der Waals surface area contributed by atoms with Crippen LogP contribution in [-0.2, 0) is 4.79 Å². The van der Waals surface area contributed by atoms with Crippen molar-refractivity contribution in [3.8, 4) is 17.2 Å². The first-order valence-electron chi connectivity index (χ1n) is 9.32. The van der Waals surface area contributed by atoms with Crippen LogP contribution in [0, 0.1) is 11.3 Å². The standard InChI is InChI=1S/C22H28O5/c1-13-16(17(23)12-15-7-6-8-19(24)22(13,15)2)11-14-9-10-18(25-3)21(27-5)20(14)26-4/h9-13,19,24H,6-8H2,1-5H3/b16-11-/t13-,19-,22-/m0/s1. The molecule has 5 heteroatoms. The van der Waals surface area contributed by atoms with Crippen molar-refractivity contribution in [1.82, 2.24) is 0 Å². The van der Waals surface area contributed by atoms with Gasteiger partial charge in [-0.25, -0.2) is 0 Å². The van der Waals surface area contributed by atoms with Gasteiger partial charge >= 0.3 is 0 Å². The minimum atomic E-state index is -0.448. The molecule has 5 nitrogen and oxygen atoms in total. The van der Waals surface area contributed by atoms with Crippen LogP contribution in [0.3, 0.4) is 0 Å². The highest BCUT2D eigenvalue weighted by Crippen LogP contribution is 2.52. The topological polar surface area (TPSA) is 65.0 Å². The molecule has 1 aromatic carbocycles. The third-order valence-electron chi connectivity index (χ3n) is 6.31. The molecule has 0 spiro atoms. The van der Waals surface area contributed by atoms with Crippen molar-refractivity contribution in [2.24, 2.45) is 11.3 Å². The third kappa shape index (κ3) is 3.04. The molecule has 1 aromatic rings. The van der Waals surface area contributed by atoms with Crippen LogP contribution in [0.15, 0.2) is 29.4 Å². The van der Waals surface area contributed by atoms with Crippen LogP contribution in [0.5, 0.6) is 17.2 Å². The SMILES string of the molecule is COc1ccc(/C=C2\C(=O)C=C3CCC[C@H](O)[C@@]3(C)[C@H]2C)c(OC)c1OC. The number of hydrogen-bond acceptors (Lipinski definition) is 5. The second-order valence-electron chi connectivity index (χ2n) is 7.47. The molecule has 1 fully saturated rings. The second-order valence-corrected chi connectivity index (χ2v) is 7.47. The Morgan fingerprint density at radius 2 is 1.85 bits per heavy atom. The van der Waals surface area contributed by atoms with Gasteiger partial charge in [0.2, 0.25) is 5.75 Å². The Labute approximate surface area is 160 Å². The number of hydrogen-bond donors (Lipinski definition) is 1. The van der Waals surface area contributed by atoms with Crippen LogP contribution in [0.4, 0.5) is 0 Å². The van der Waals surface area contributed by atoms with Crippen molar-refractivity contribution in [3.63, 3.8) is 0 Å². The number of ether oxygens (including phenoxy) is 3. The molecule has 0 heterocycles. The molecular formula is C22H28O5. The summed E-state index contributed by atoms with van der Waals surface area (Å²) < 4.78 is 16.3. The molecule has 0 bridgehead atoms. The van der Waals surface area contributed by atoms with Gasteiger partial charge in [-0.2, -0.15) is 0 Å². The summed E-state index contributed by atoms with van der Waals surface area (Å²) in [4.78, 5) is 12.9. The van der Waals surface area contributed by atoms with E-state index >= 15 is 0 Å². The molecule has 3 rings (SSSR count). The maximum atomic E-state index is 12.9. The van der Waals surface area contributed by atoms with Gasteiger partial charge in [0, 0.05) is 16.6 Å². The maximum absolute atomic E-state index is 12.9. The van der Waals surface area contributed by atoms with E-state index < -0.39 is 11.5 Å². The summed E-state index contributed by atoms with van der Waals surface area (Å²) in [6.45, 7) is 4.10. The lowest BCUT2D eigenvalue weighted by molar-refractivity contribution is -0.113. The van der Waals surface area contributed by atoms with Gasteiger partial charge in [0.05, 0.1) is 27.4 Å². The number of benzene rings is 1. The number of rotatable bonds is 4. The van der Waals surface area contributed by atoms with E-state index in [0.29, 0.717) is 22.8 Å². The van der Waals surface area contributed by atoms with Crippen LogP contribution in [0.2, 0.25) is 0 Å². The highest BCUT2D eigenvalue weighted by Gasteiger charge is 2.48. The summed E-state index contributed by atoms with van der Waals surface area (Å²) in [5.74, 6) is 1.48. The Balaban J connectivity index is 2.12. The zero-order valence-electron chi connectivity index (χ0n) is 16.7. The van der Waals surface area contributed by atoms with Crippen molar-refractivity contribution in [1.29, 1.82) is 0 Å². The second kappa shape index (κ2) is 7.39. The Morgan fingerprint density at radius 1 is 1.15 bits per heavy atom. The van der Waals surface area contributed by atoms with Crippen molar-refractivity contribution < 1.29 is 24.1 Å². The largest absolute Gasteiger partial charge is 0.493 e. The quantitative estimate of drug-likeness (QED) is 0.815. The third-order valence-corrected chi connectivity index (χ3v) is 6.31. The van der Waals surface area contributed by atoms with E-state index in [9.17, 15) is 9.90 Å². The Kier molecular flexibility index (Phi) is 5.33. The molecule has 27 heavy (non-hydrogen) atoms. The van der Waals surface area contributed by atoms with Crippen molar-refractivity contribution in [2.45, 2.75) is 39.2 Å². The van der Waals surface area contributed by atoms with Crippen LogP contribution in [0.1, 0.15) is 38.7 Å². The lowest BCUT2D eigenvalue weighted by Gasteiger charge is -2.48. The predicted octanol–water partition coefficient (Wildman–Crippen LogP) is 3.79. The summed E-state index contributed by atoms with van der Waals surface area (Å²) in [7, 11) is 4.69. The van der Waals surface area contributed by atoms with Crippen LogP contribution in [-0.4, -0.2) is 38.3 Å². The molecule has 146 valence electrons. The van der Waals surface area contributed by atoms with E-state index in [1.807, 2.05) is 19.1 Å². The fourth-order valence-electron chi connectivity index (χ4n) is 4.44. The van der Waals surface area contributed by atoms with Crippen LogP contribution in [0.25, 0.3) is 6.08 Å². The average molecular weight is 372 g/mol. The van der Waals surface area contributed by atoms with Crippen LogP contribution < -0.4 is 14.2 Å². The first-order chi connectivity index (χ1) is 12.9. The minimum Gasteiger partial charge on any atom is -0.493 e. The Morgan fingerprint density at radius 3 is 2.48 bits per heavy atom. The number of aliphatic hydroxyl groups is 1. The summed E-state index contributed by atoms with van der Waals surface area (Å²) in [5.41, 5.74) is 2.07. The summed E-state index contributed by atoms with van der Waals surface area (Å²) >= 11 is 0. The first kappa shape index (κ1) is 19.5. The highest BCUT2D eigenvalue weighted by molar-refractivity contribution is 6.09. The summed E-state index contributed by atoms with van der Waals surface area (Å²) in [6.07, 6.45) is 5.69. The van der Waals surface area contributed by atoms with E-state index in [2.05, 4.69) is 6.92 Å². The summed E-state index contributed by atoms with van der Waals surface area (Å²) in [6, 6.07) is 3.65. The highest BCUT2D eigenvalue weighted by atomic mass is 16.5. The molecule has 0 radical (unpaired) electrons. The molecule has 0 aliphatic heterocycles. The monoisotopic (exact) mass is 372 g/mol. The number of methoxy groups -OCH3 is 3. The van der Waals surface area contributed by atoms with E-state index in [4.69, 9.17) is 14.2 Å². The maximum Gasteiger partial charge on any atom is 0.203 e. The van der Waals surface area contributed by atoms with Crippen molar-refractivity contribution in [2.75, 3.05) is 21.3 Å². The van der Waals surface area contributed by atoms with Gasteiger partial charge in [0.25, 0.3) is 0 Å². The number of ketones is 1. The number of carbonyl (C=O) groups is 1. The smallest absolute Gasteiger partial charge is 0.203 e. The minimum absolute atomic E-state index is 0.000845. The van der Waals surface area contributed by atoms with Gasteiger partial charge in [-0.3, -0.25) is 4.79 Å². The molecule has 3 atom stereocenters. The van der Waals surface area contributed by atoms with Gasteiger partial charge in [-0.15, -0.1) is 0 Å². The zero-order valence-corrected chi connectivity index (χ0v) is 16.7. The molecule has 0 unspecified atom stereocenters. The molecule has 2 aliphatic carbocycles. The predicted molar refractivity (Wildman–Crippen MR) is 104 cm³/mol. The van der Waals surface area contributed by atoms with Gasteiger partial charge in [-0.05, 0) is 49.5 Å². The molecule has 0 aromatic heterocycles. The Bertz CT molecular complexity index is 807. The Hall–Kier alpha value is -2.27. The van der Waals surface area contributed by atoms with Gasteiger partial charge in [-0.1, -0.05) is 19.4 Å². The van der Waals surface area contributed by atoms with Gasteiger partial charge in [0.1, 0.15) is 0 Å². The fourth-order valence-corrected chi connectivity index (χ4v) is 4.44. The van der Waals surface area contributed by atoms with Gasteiger partial charge < -0.3 is 19.3 Å². The number of fused-ring (bicyclic) bond motifs is 1. The lowest BCUT2D eigenvalue weighted by Crippen LogP contribution is -2.46. The molecule has 2 aliphatic rings. The zero-order chi connectivity index (χ0) is 19.8. The molecular weight excluding hydrogens is 344 g/mol. The summed E-state index contributed by atoms with van der Waals surface area (Å²) in [5, 5.41) is 10.7.